The molecule has 12 heavy (non-hydrogen) atoms. The molecule has 0 unspecified atom stereocenters. The number of carbonyl (C=O) groups is 1. The van der Waals surface area contributed by atoms with E-state index in [9.17, 15) is 10.0 Å². The topological polar surface area (TPSA) is 66.6 Å². The second-order valence-electron chi connectivity index (χ2n) is 3.33. The van der Waals surface area contributed by atoms with E-state index in [1.54, 1.807) is 19.9 Å². The van der Waals surface area contributed by atoms with Crippen LogP contribution >= 0.6 is 0 Å². The van der Waals surface area contributed by atoms with Gasteiger partial charge in [0.05, 0.1) is 16.8 Å². The van der Waals surface area contributed by atoms with Gasteiger partial charge in [-0.15, -0.1) is 0 Å². The summed E-state index contributed by atoms with van der Waals surface area (Å²) in [4.78, 5) is 10.8. The average Bonchev–Trinajstić information content (AvgIpc) is 2.14. The third-order valence-corrected chi connectivity index (χ3v) is 1.88. The first kappa shape index (κ1) is 8.80. The highest BCUT2D eigenvalue weighted by atomic mass is 16.5. The molecule has 0 aromatic carbocycles. The highest BCUT2D eigenvalue weighted by molar-refractivity contribution is 5.97. The normalized spacial score (nSPS) is 21.1. The van der Waals surface area contributed by atoms with Crippen molar-refractivity contribution < 1.29 is 10.0 Å². The summed E-state index contributed by atoms with van der Waals surface area (Å²) in [6.07, 6.45) is 1.59. The van der Waals surface area contributed by atoms with E-state index in [1.165, 1.54) is 0 Å². The zero-order valence-electron chi connectivity index (χ0n) is 7.16. The van der Waals surface area contributed by atoms with E-state index in [2.05, 4.69) is 6.58 Å². The number of hydroxylamine groups is 2. The first-order valence-electron chi connectivity index (χ1n) is 3.57. The molecular weight excluding hydrogens is 156 g/mol. The van der Waals surface area contributed by atoms with Gasteiger partial charge in [-0.2, -0.15) is 0 Å². The fourth-order valence-corrected chi connectivity index (χ4v) is 1.17. The van der Waals surface area contributed by atoms with Crippen LogP contribution in [-0.2, 0) is 4.79 Å². The van der Waals surface area contributed by atoms with E-state index in [-0.39, 0.29) is 11.3 Å². The van der Waals surface area contributed by atoms with Gasteiger partial charge in [0.1, 0.15) is 0 Å². The van der Waals surface area contributed by atoms with Crippen molar-refractivity contribution in [2.24, 2.45) is 5.73 Å². The molecule has 1 rings (SSSR count). The van der Waals surface area contributed by atoms with Crippen LogP contribution in [0.2, 0.25) is 0 Å². The fraction of sp³-hybridized carbons (Fsp3) is 0.375. The molecule has 1 heterocycles. The zero-order chi connectivity index (χ0) is 9.52. The van der Waals surface area contributed by atoms with Gasteiger partial charge in [0, 0.05) is 0 Å². The molecule has 0 atom stereocenters. The van der Waals surface area contributed by atoms with Crippen LogP contribution in [0.1, 0.15) is 13.8 Å². The van der Waals surface area contributed by atoms with Crippen LogP contribution in [0, 0.1) is 0 Å². The predicted molar refractivity (Wildman–Crippen MR) is 44.1 cm³/mol. The summed E-state index contributed by atoms with van der Waals surface area (Å²) >= 11 is 0. The summed E-state index contributed by atoms with van der Waals surface area (Å²) in [5.41, 5.74) is 5.01. The monoisotopic (exact) mass is 168 g/mol. The van der Waals surface area contributed by atoms with Crippen molar-refractivity contribution in [3.8, 4) is 0 Å². The van der Waals surface area contributed by atoms with E-state index in [4.69, 9.17) is 5.73 Å². The average molecular weight is 168 g/mol. The molecule has 1 aliphatic rings. The Bertz CT molecular complexity index is 279. The molecule has 0 aromatic heterocycles. The summed E-state index contributed by atoms with van der Waals surface area (Å²) < 4.78 is 0. The molecule has 0 bridgehead atoms. The molecule has 3 N–H and O–H groups in total. The van der Waals surface area contributed by atoms with Crippen LogP contribution in [0.4, 0.5) is 0 Å². The van der Waals surface area contributed by atoms with Gasteiger partial charge in [0.15, 0.2) is 0 Å². The van der Waals surface area contributed by atoms with Crippen LogP contribution < -0.4 is 5.73 Å². The number of carbonyl (C=O) groups excluding carboxylic acids is 1. The summed E-state index contributed by atoms with van der Waals surface area (Å²) in [7, 11) is 0. The Kier molecular flexibility index (Phi) is 1.72. The maximum atomic E-state index is 10.8. The number of hydrogen-bond acceptors (Lipinski definition) is 3. The largest absolute Gasteiger partial charge is 0.366 e. The second kappa shape index (κ2) is 2.35. The maximum absolute atomic E-state index is 10.8. The Morgan fingerprint density at radius 2 is 2.25 bits per heavy atom. The molecule has 1 aliphatic heterocycles. The van der Waals surface area contributed by atoms with Gasteiger partial charge in [-0.25, -0.2) is 5.06 Å². The van der Waals surface area contributed by atoms with E-state index in [1.807, 2.05) is 0 Å². The van der Waals surface area contributed by atoms with Gasteiger partial charge in [-0.1, -0.05) is 6.58 Å². The van der Waals surface area contributed by atoms with Crippen molar-refractivity contribution in [1.29, 1.82) is 0 Å². The van der Waals surface area contributed by atoms with Gasteiger partial charge in [-0.3, -0.25) is 10.0 Å². The van der Waals surface area contributed by atoms with Gasteiger partial charge in [0.25, 0.3) is 5.91 Å². The third kappa shape index (κ3) is 1.10. The minimum absolute atomic E-state index is 0.257. The first-order valence-corrected chi connectivity index (χ1v) is 3.57. The van der Waals surface area contributed by atoms with Gasteiger partial charge >= 0.3 is 0 Å². The lowest BCUT2D eigenvalue weighted by Gasteiger charge is -2.26. The van der Waals surface area contributed by atoms with Crippen molar-refractivity contribution in [3.63, 3.8) is 0 Å². The molecule has 1 amide bonds. The standard InChI is InChI=1S/C8H12N2O2/c1-5-6(7(9)11)4-8(2,3)10(5)12/h4,12H,1H2,2-3H3,(H2,9,11). The molecule has 0 radical (unpaired) electrons. The highest BCUT2D eigenvalue weighted by Crippen LogP contribution is 2.31. The third-order valence-electron chi connectivity index (χ3n) is 1.88. The lowest BCUT2D eigenvalue weighted by atomic mass is 10.1. The lowest BCUT2D eigenvalue weighted by Crippen LogP contribution is -2.34. The molecule has 0 aromatic rings. The summed E-state index contributed by atoms with van der Waals surface area (Å²) in [6, 6.07) is 0. The quantitative estimate of drug-likeness (QED) is 0.595. The van der Waals surface area contributed by atoms with E-state index in [0.29, 0.717) is 0 Å². The fourth-order valence-electron chi connectivity index (χ4n) is 1.17. The first-order chi connectivity index (χ1) is 5.36. The number of hydrogen-bond donors (Lipinski definition) is 2. The van der Waals surface area contributed by atoms with E-state index >= 15 is 0 Å². The van der Waals surface area contributed by atoms with Crippen molar-refractivity contribution >= 4 is 5.91 Å². The van der Waals surface area contributed by atoms with Crippen LogP contribution in [0.15, 0.2) is 23.9 Å². The SMILES string of the molecule is C=C1C(C(N)=O)=CC(C)(C)N1O. The Morgan fingerprint density at radius 3 is 2.42 bits per heavy atom. The molecule has 0 spiro atoms. The number of nitrogens with two attached hydrogens (primary N) is 1. The Morgan fingerprint density at radius 1 is 1.75 bits per heavy atom. The Hall–Kier alpha value is -1.29. The summed E-state index contributed by atoms with van der Waals surface area (Å²) in [5, 5.41) is 10.4. The van der Waals surface area contributed by atoms with Gasteiger partial charge in [0.2, 0.25) is 0 Å². The Balaban J connectivity index is 3.08. The summed E-state index contributed by atoms with van der Waals surface area (Å²) in [6.45, 7) is 7.06. The van der Waals surface area contributed by atoms with Gasteiger partial charge in [-0.05, 0) is 19.9 Å². The smallest absolute Gasteiger partial charge is 0.250 e. The molecular formula is C8H12N2O2. The highest BCUT2D eigenvalue weighted by Gasteiger charge is 2.35. The molecule has 4 heteroatoms. The molecule has 4 nitrogen and oxygen atoms in total. The minimum atomic E-state index is -0.596. The second-order valence-corrected chi connectivity index (χ2v) is 3.33. The lowest BCUT2D eigenvalue weighted by molar-refractivity contribution is -0.116. The molecule has 0 saturated carbocycles. The van der Waals surface area contributed by atoms with Crippen molar-refractivity contribution in [3.05, 3.63) is 23.9 Å². The predicted octanol–water partition coefficient (Wildman–Crippen LogP) is 0.395. The number of rotatable bonds is 1. The van der Waals surface area contributed by atoms with Crippen molar-refractivity contribution in [2.75, 3.05) is 0 Å². The van der Waals surface area contributed by atoms with Crippen molar-refractivity contribution in [2.45, 2.75) is 19.4 Å². The maximum Gasteiger partial charge on any atom is 0.250 e. The molecule has 0 saturated heterocycles. The minimum Gasteiger partial charge on any atom is -0.366 e. The number of nitrogens with zero attached hydrogens (tertiary/aromatic N) is 1. The van der Waals surface area contributed by atoms with Gasteiger partial charge < -0.3 is 5.73 Å². The number of primary amides is 1. The van der Waals surface area contributed by atoms with Crippen LogP contribution in [-0.4, -0.2) is 21.7 Å². The number of amides is 1. The summed E-state index contributed by atoms with van der Waals surface area (Å²) in [5.74, 6) is -0.565. The van der Waals surface area contributed by atoms with Crippen LogP contribution in [0.3, 0.4) is 0 Å². The van der Waals surface area contributed by atoms with Crippen LogP contribution in [0.5, 0.6) is 0 Å². The van der Waals surface area contributed by atoms with E-state index < -0.39 is 11.4 Å². The Labute approximate surface area is 70.9 Å². The molecule has 66 valence electrons. The molecule has 0 fully saturated rings. The molecule has 0 aliphatic carbocycles. The van der Waals surface area contributed by atoms with E-state index in [0.717, 1.165) is 5.06 Å². The zero-order valence-corrected chi connectivity index (χ0v) is 7.16. The van der Waals surface area contributed by atoms with Crippen molar-refractivity contribution in [1.82, 2.24) is 5.06 Å². The van der Waals surface area contributed by atoms with Crippen LogP contribution in [0.25, 0.3) is 0 Å².